The highest BCUT2D eigenvalue weighted by Crippen LogP contribution is 2.21. The zero-order valence-electron chi connectivity index (χ0n) is 7.76. The Hall–Kier alpha value is -0.350. The second-order valence-corrected chi connectivity index (χ2v) is 5.06. The van der Waals surface area contributed by atoms with Gasteiger partial charge >= 0.3 is 0 Å². The van der Waals surface area contributed by atoms with Crippen LogP contribution in [0, 0.1) is 6.92 Å². The highest BCUT2D eigenvalue weighted by Gasteiger charge is 2.13. The first-order chi connectivity index (χ1) is 6.52. The Bertz CT molecular complexity index is 352. The molecule has 0 fully saturated rings. The molecule has 1 atom stereocenters. The zero-order valence-corrected chi connectivity index (χ0v) is 10.9. The maximum absolute atomic E-state index is 10.9. The Kier molecular flexibility index (Phi) is 4.13. The highest BCUT2D eigenvalue weighted by molar-refractivity contribution is 9.10. The van der Waals surface area contributed by atoms with E-state index in [0.717, 1.165) is 15.6 Å². The van der Waals surface area contributed by atoms with E-state index < -0.39 is 0 Å². The summed E-state index contributed by atoms with van der Waals surface area (Å²) >= 11 is 6.69. The number of nitrogens with two attached hydrogens (primary N) is 1. The Morgan fingerprint density at radius 1 is 1.57 bits per heavy atom. The van der Waals surface area contributed by atoms with Crippen molar-refractivity contribution in [3.8, 4) is 0 Å². The third kappa shape index (κ3) is 2.82. The summed E-state index contributed by atoms with van der Waals surface area (Å²) in [5.41, 5.74) is 7.45. The SMILES string of the molecule is Cc1c(Br)cccc1CC(Br)C(N)=O. The molecule has 0 aromatic heterocycles. The second-order valence-electron chi connectivity index (χ2n) is 3.10. The Morgan fingerprint density at radius 3 is 2.79 bits per heavy atom. The maximum Gasteiger partial charge on any atom is 0.231 e. The van der Waals surface area contributed by atoms with Gasteiger partial charge in [-0.15, -0.1) is 0 Å². The average Bonchev–Trinajstić information content (AvgIpc) is 2.12. The van der Waals surface area contributed by atoms with Crippen LogP contribution in [0.25, 0.3) is 0 Å². The molecule has 0 aliphatic carbocycles. The summed E-state index contributed by atoms with van der Waals surface area (Å²) in [6, 6.07) is 5.93. The van der Waals surface area contributed by atoms with Crippen molar-refractivity contribution in [3.05, 3.63) is 33.8 Å². The van der Waals surface area contributed by atoms with Crippen molar-refractivity contribution in [2.24, 2.45) is 5.73 Å². The maximum atomic E-state index is 10.9. The van der Waals surface area contributed by atoms with E-state index in [1.807, 2.05) is 25.1 Å². The molecule has 0 saturated carbocycles. The van der Waals surface area contributed by atoms with E-state index in [2.05, 4.69) is 31.9 Å². The van der Waals surface area contributed by atoms with Gasteiger partial charge in [-0.2, -0.15) is 0 Å². The van der Waals surface area contributed by atoms with Gasteiger partial charge in [0, 0.05) is 4.47 Å². The van der Waals surface area contributed by atoms with E-state index in [4.69, 9.17) is 5.73 Å². The first-order valence-electron chi connectivity index (χ1n) is 4.19. The van der Waals surface area contributed by atoms with E-state index in [1.165, 1.54) is 0 Å². The van der Waals surface area contributed by atoms with Crippen molar-refractivity contribution in [1.29, 1.82) is 0 Å². The average molecular weight is 321 g/mol. The smallest absolute Gasteiger partial charge is 0.231 e. The fourth-order valence-electron chi connectivity index (χ4n) is 1.17. The number of hydrogen-bond donors (Lipinski definition) is 1. The van der Waals surface area contributed by atoms with E-state index >= 15 is 0 Å². The molecule has 1 aromatic rings. The number of amides is 1. The van der Waals surface area contributed by atoms with Crippen molar-refractivity contribution in [3.63, 3.8) is 0 Å². The van der Waals surface area contributed by atoms with Gasteiger partial charge in [0.25, 0.3) is 0 Å². The standard InChI is InChI=1S/C10H11Br2NO/c1-6-7(3-2-4-8(6)11)5-9(12)10(13)14/h2-4,9H,5H2,1H3,(H2,13,14). The van der Waals surface area contributed by atoms with Crippen molar-refractivity contribution >= 4 is 37.8 Å². The van der Waals surface area contributed by atoms with E-state index in [-0.39, 0.29) is 10.7 Å². The molecule has 1 unspecified atom stereocenters. The van der Waals surface area contributed by atoms with Gasteiger partial charge in [0.05, 0.1) is 4.83 Å². The minimum absolute atomic E-state index is 0.296. The van der Waals surface area contributed by atoms with Crippen LogP contribution in [0.1, 0.15) is 11.1 Å². The van der Waals surface area contributed by atoms with Crippen LogP contribution in [0.15, 0.2) is 22.7 Å². The third-order valence-corrected chi connectivity index (χ3v) is 3.72. The summed E-state index contributed by atoms with van der Waals surface area (Å²) in [5, 5.41) is 0. The lowest BCUT2D eigenvalue weighted by Gasteiger charge is -2.09. The minimum atomic E-state index is -0.329. The topological polar surface area (TPSA) is 43.1 Å². The molecule has 2 N–H and O–H groups in total. The molecule has 1 rings (SSSR count). The molecule has 2 nitrogen and oxygen atoms in total. The highest BCUT2D eigenvalue weighted by atomic mass is 79.9. The molecule has 0 bridgehead atoms. The summed E-state index contributed by atoms with van der Waals surface area (Å²) in [4.78, 5) is 10.6. The quantitative estimate of drug-likeness (QED) is 0.855. The molecular formula is C10H11Br2NO. The van der Waals surface area contributed by atoms with Crippen molar-refractivity contribution in [2.45, 2.75) is 18.2 Å². The summed E-state index contributed by atoms with van der Waals surface area (Å²) < 4.78 is 1.05. The van der Waals surface area contributed by atoms with Crippen LogP contribution in [0.5, 0.6) is 0 Å². The predicted molar refractivity (Wildman–Crippen MR) is 64.5 cm³/mol. The Balaban J connectivity index is 2.87. The number of primary amides is 1. The number of carbonyl (C=O) groups is 1. The number of benzene rings is 1. The lowest BCUT2D eigenvalue weighted by atomic mass is 10.0. The lowest BCUT2D eigenvalue weighted by molar-refractivity contribution is -0.117. The van der Waals surface area contributed by atoms with Crippen LogP contribution in [0.2, 0.25) is 0 Å². The Morgan fingerprint density at radius 2 is 2.21 bits per heavy atom. The van der Waals surface area contributed by atoms with Crippen LogP contribution in [-0.4, -0.2) is 10.7 Å². The predicted octanol–water partition coefficient (Wildman–Crippen LogP) is 2.55. The number of carbonyl (C=O) groups excluding carboxylic acids is 1. The summed E-state index contributed by atoms with van der Waals surface area (Å²) in [7, 11) is 0. The summed E-state index contributed by atoms with van der Waals surface area (Å²) in [5.74, 6) is -0.329. The van der Waals surface area contributed by atoms with E-state index in [0.29, 0.717) is 6.42 Å². The monoisotopic (exact) mass is 319 g/mol. The number of alkyl halides is 1. The van der Waals surface area contributed by atoms with E-state index in [9.17, 15) is 4.79 Å². The van der Waals surface area contributed by atoms with Gasteiger partial charge in [0.15, 0.2) is 0 Å². The van der Waals surface area contributed by atoms with Crippen LogP contribution >= 0.6 is 31.9 Å². The van der Waals surface area contributed by atoms with Crippen molar-refractivity contribution in [1.82, 2.24) is 0 Å². The van der Waals surface area contributed by atoms with Crippen molar-refractivity contribution < 1.29 is 4.79 Å². The molecule has 1 aromatic carbocycles. The van der Waals surface area contributed by atoms with Crippen LogP contribution in [-0.2, 0) is 11.2 Å². The number of rotatable bonds is 3. The van der Waals surface area contributed by atoms with Crippen LogP contribution in [0.4, 0.5) is 0 Å². The molecule has 76 valence electrons. The third-order valence-electron chi connectivity index (χ3n) is 2.09. The minimum Gasteiger partial charge on any atom is -0.369 e. The van der Waals surface area contributed by atoms with Gasteiger partial charge in [-0.3, -0.25) is 4.79 Å². The van der Waals surface area contributed by atoms with Gasteiger partial charge in [-0.1, -0.05) is 44.0 Å². The molecule has 14 heavy (non-hydrogen) atoms. The molecule has 0 radical (unpaired) electrons. The normalized spacial score (nSPS) is 12.5. The van der Waals surface area contributed by atoms with Crippen LogP contribution in [0.3, 0.4) is 0 Å². The summed E-state index contributed by atoms with van der Waals surface area (Å²) in [6.45, 7) is 2.01. The Labute approximate surface area is 100 Å². The fourth-order valence-corrected chi connectivity index (χ4v) is 1.92. The van der Waals surface area contributed by atoms with Crippen molar-refractivity contribution in [2.75, 3.05) is 0 Å². The number of halogens is 2. The number of hydrogen-bond acceptors (Lipinski definition) is 1. The molecule has 4 heteroatoms. The molecule has 0 spiro atoms. The molecule has 0 aliphatic rings. The van der Waals surface area contributed by atoms with Gasteiger partial charge in [-0.25, -0.2) is 0 Å². The first-order valence-corrected chi connectivity index (χ1v) is 5.90. The fraction of sp³-hybridized carbons (Fsp3) is 0.300. The molecule has 0 aliphatic heterocycles. The van der Waals surface area contributed by atoms with Gasteiger partial charge in [0.1, 0.15) is 0 Å². The van der Waals surface area contributed by atoms with Crippen LogP contribution < -0.4 is 5.73 Å². The first kappa shape index (κ1) is 11.7. The lowest BCUT2D eigenvalue weighted by Crippen LogP contribution is -2.25. The van der Waals surface area contributed by atoms with Gasteiger partial charge in [-0.05, 0) is 30.5 Å². The summed E-state index contributed by atoms with van der Waals surface area (Å²) in [6.07, 6.45) is 0.626. The molecular weight excluding hydrogens is 310 g/mol. The molecule has 0 heterocycles. The largest absolute Gasteiger partial charge is 0.369 e. The zero-order chi connectivity index (χ0) is 10.7. The molecule has 1 amide bonds. The van der Waals surface area contributed by atoms with Gasteiger partial charge < -0.3 is 5.73 Å². The molecule has 0 saturated heterocycles. The van der Waals surface area contributed by atoms with Gasteiger partial charge in [0.2, 0.25) is 5.91 Å². The van der Waals surface area contributed by atoms with E-state index in [1.54, 1.807) is 0 Å². The second kappa shape index (κ2) is 4.94.